The van der Waals surface area contributed by atoms with E-state index in [1.165, 1.54) is 17.7 Å². The fourth-order valence-electron chi connectivity index (χ4n) is 6.96. The second-order valence-electron chi connectivity index (χ2n) is 10.7. The van der Waals surface area contributed by atoms with Crippen molar-refractivity contribution in [1.82, 2.24) is 18.4 Å². The Morgan fingerprint density at radius 3 is 2.58 bits per heavy atom. The van der Waals surface area contributed by atoms with Crippen LogP contribution in [0.1, 0.15) is 24.0 Å². The van der Waals surface area contributed by atoms with Crippen LogP contribution >= 0.6 is 0 Å². The Kier molecular flexibility index (Phi) is 4.88. The van der Waals surface area contributed by atoms with Crippen molar-refractivity contribution in [3.8, 4) is 5.69 Å². The molecular formula is C28H29FN4O2S. The summed E-state index contributed by atoms with van der Waals surface area (Å²) < 4.78 is 45.3. The molecule has 0 radical (unpaired) electrons. The quantitative estimate of drug-likeness (QED) is 0.519. The first-order chi connectivity index (χ1) is 17.4. The van der Waals surface area contributed by atoms with Gasteiger partial charge in [-0.1, -0.05) is 24.3 Å². The fraction of sp³-hybridized carbons (Fsp3) is 0.393. The largest absolute Gasteiger partial charge is 0.282 e. The highest BCUT2D eigenvalue weighted by Crippen LogP contribution is 2.69. The molecule has 3 aromatic rings. The Hall–Kier alpha value is -2.81. The molecule has 0 amide bonds. The van der Waals surface area contributed by atoms with Crippen molar-refractivity contribution in [3.05, 3.63) is 83.8 Å². The Morgan fingerprint density at radius 2 is 1.89 bits per heavy atom. The molecule has 8 heteroatoms. The van der Waals surface area contributed by atoms with Gasteiger partial charge in [0.1, 0.15) is 5.82 Å². The lowest BCUT2D eigenvalue weighted by Crippen LogP contribution is -2.50. The van der Waals surface area contributed by atoms with E-state index in [1.807, 2.05) is 10.9 Å². The molecule has 3 fully saturated rings. The average molecular weight is 505 g/mol. The van der Waals surface area contributed by atoms with Crippen LogP contribution < -0.4 is 0 Å². The summed E-state index contributed by atoms with van der Waals surface area (Å²) in [6, 6.07) is 10.7. The lowest BCUT2D eigenvalue weighted by molar-refractivity contribution is 0.267. The number of allylic oxidation sites excluding steroid dienone is 4. The molecule has 3 heterocycles. The molecule has 36 heavy (non-hydrogen) atoms. The van der Waals surface area contributed by atoms with Gasteiger partial charge in [-0.25, -0.2) is 9.07 Å². The summed E-state index contributed by atoms with van der Waals surface area (Å²) in [6.45, 7) is 4.51. The van der Waals surface area contributed by atoms with E-state index in [0.717, 1.165) is 35.0 Å². The van der Waals surface area contributed by atoms with Crippen molar-refractivity contribution < 1.29 is 12.8 Å². The molecular weight excluding hydrogens is 475 g/mol. The van der Waals surface area contributed by atoms with Crippen LogP contribution in [0, 0.1) is 30.5 Å². The summed E-state index contributed by atoms with van der Waals surface area (Å²) in [5.74, 6) is 0.873. The van der Waals surface area contributed by atoms with E-state index in [9.17, 15) is 12.8 Å². The maximum atomic E-state index is 13.5. The van der Waals surface area contributed by atoms with Gasteiger partial charge in [-0.05, 0) is 85.0 Å². The van der Waals surface area contributed by atoms with Crippen LogP contribution in [0.15, 0.2) is 66.9 Å². The highest BCUT2D eigenvalue weighted by Gasteiger charge is 2.72. The van der Waals surface area contributed by atoms with Gasteiger partial charge in [0.15, 0.2) is 0 Å². The number of aryl methyl sites for hydroxylation is 1. The molecule has 2 aliphatic heterocycles. The second-order valence-corrected chi connectivity index (χ2v) is 12.6. The molecule has 0 spiro atoms. The standard InChI is InChI=1S/C28H29FN4O2S/c1-19-14-26-21(16-30-33(26)23-10-8-22(29)9-11-23)15-24(19)28-18-32(36(34,35)31-12-5-13-31)17-25(28)27(28)20-6-3-2-4-7-20/h2-4,6,8-11,14-16,20,25,27H,5,7,12-13,17-18H2,1H3/t20?,25-,27-,28+/m0/s1. The summed E-state index contributed by atoms with van der Waals surface area (Å²) in [6.07, 6.45) is 12.6. The molecule has 7 rings (SSSR count). The number of piperidine rings is 1. The Balaban J connectivity index is 1.30. The Labute approximate surface area is 210 Å². The van der Waals surface area contributed by atoms with E-state index < -0.39 is 10.2 Å². The topological polar surface area (TPSA) is 58.4 Å². The van der Waals surface area contributed by atoms with E-state index in [2.05, 4.69) is 48.5 Å². The molecule has 4 atom stereocenters. The number of hydrogen-bond donors (Lipinski definition) is 0. The van der Waals surface area contributed by atoms with E-state index >= 15 is 0 Å². The molecule has 2 saturated heterocycles. The molecule has 186 valence electrons. The zero-order valence-corrected chi connectivity index (χ0v) is 21.0. The first kappa shape index (κ1) is 22.4. The highest BCUT2D eigenvalue weighted by atomic mass is 32.2. The smallest absolute Gasteiger partial charge is 0.233 e. The summed E-state index contributed by atoms with van der Waals surface area (Å²) >= 11 is 0. The van der Waals surface area contributed by atoms with Crippen LogP contribution in [0.3, 0.4) is 0 Å². The second kappa shape index (κ2) is 7.84. The maximum absolute atomic E-state index is 13.5. The summed E-state index contributed by atoms with van der Waals surface area (Å²) in [5.41, 5.74) is 3.99. The van der Waals surface area contributed by atoms with Crippen LogP contribution in [-0.4, -0.2) is 53.0 Å². The number of nitrogens with zero attached hydrogens (tertiary/aromatic N) is 4. The minimum absolute atomic E-state index is 0.186. The predicted octanol–water partition coefficient (Wildman–Crippen LogP) is 4.36. The highest BCUT2D eigenvalue weighted by molar-refractivity contribution is 7.86. The van der Waals surface area contributed by atoms with Gasteiger partial charge >= 0.3 is 0 Å². The molecule has 6 nitrogen and oxygen atoms in total. The van der Waals surface area contributed by atoms with Crippen molar-refractivity contribution >= 4 is 21.1 Å². The molecule has 4 aliphatic rings. The lowest BCUT2D eigenvalue weighted by atomic mass is 9.83. The number of benzene rings is 2. The van der Waals surface area contributed by atoms with Crippen LogP contribution in [0.4, 0.5) is 4.39 Å². The van der Waals surface area contributed by atoms with Crippen molar-refractivity contribution in [2.24, 2.45) is 17.8 Å². The van der Waals surface area contributed by atoms with Gasteiger partial charge < -0.3 is 0 Å². The summed E-state index contributed by atoms with van der Waals surface area (Å²) in [7, 11) is -3.41. The number of halogens is 1. The molecule has 1 aromatic heterocycles. The first-order valence-corrected chi connectivity index (χ1v) is 14.1. The van der Waals surface area contributed by atoms with Crippen LogP contribution in [-0.2, 0) is 15.6 Å². The van der Waals surface area contributed by atoms with Gasteiger partial charge in [0.2, 0.25) is 0 Å². The number of aromatic nitrogens is 2. The molecule has 2 aliphatic carbocycles. The first-order valence-electron chi connectivity index (χ1n) is 12.7. The van der Waals surface area contributed by atoms with Gasteiger partial charge in [0.25, 0.3) is 10.2 Å². The third-order valence-corrected chi connectivity index (χ3v) is 10.8. The third kappa shape index (κ3) is 3.14. The minimum atomic E-state index is -3.41. The van der Waals surface area contributed by atoms with Gasteiger partial charge in [-0.3, -0.25) is 0 Å². The van der Waals surface area contributed by atoms with E-state index in [0.29, 0.717) is 43.9 Å². The Bertz CT molecular complexity index is 1520. The van der Waals surface area contributed by atoms with Gasteiger partial charge in [-0.2, -0.15) is 22.1 Å². The SMILES string of the molecule is Cc1cc2c(cnn2-c2ccc(F)cc2)cc1[C@]12CN(S(=O)(=O)N3CCC3)C[C@H]1[C@@H]2C1C=CC=CC1. The predicted molar refractivity (Wildman–Crippen MR) is 137 cm³/mol. The minimum Gasteiger partial charge on any atom is -0.233 e. The monoisotopic (exact) mass is 504 g/mol. The molecule has 2 aromatic carbocycles. The molecule has 1 unspecified atom stereocenters. The zero-order valence-electron chi connectivity index (χ0n) is 20.2. The van der Waals surface area contributed by atoms with Gasteiger partial charge in [0, 0.05) is 37.0 Å². The van der Waals surface area contributed by atoms with E-state index in [1.54, 1.807) is 20.7 Å². The number of fused-ring (bicyclic) bond motifs is 2. The average Bonchev–Trinajstić information content (AvgIpc) is 3.10. The van der Waals surface area contributed by atoms with Crippen molar-refractivity contribution in [1.29, 1.82) is 0 Å². The number of rotatable bonds is 5. The lowest BCUT2D eigenvalue weighted by Gasteiger charge is -2.35. The molecule has 0 N–H and O–H groups in total. The van der Waals surface area contributed by atoms with Gasteiger partial charge in [0.05, 0.1) is 17.4 Å². The molecule has 1 saturated carbocycles. The van der Waals surface area contributed by atoms with Gasteiger partial charge in [-0.15, -0.1) is 0 Å². The molecule has 0 bridgehead atoms. The van der Waals surface area contributed by atoms with Crippen LogP contribution in [0.25, 0.3) is 16.6 Å². The zero-order chi connectivity index (χ0) is 24.7. The summed E-state index contributed by atoms with van der Waals surface area (Å²) in [4.78, 5) is 0. The van der Waals surface area contributed by atoms with Crippen molar-refractivity contribution in [2.45, 2.75) is 25.2 Å². The van der Waals surface area contributed by atoms with Crippen LogP contribution in [0.2, 0.25) is 0 Å². The number of hydrogen-bond acceptors (Lipinski definition) is 3. The van der Waals surface area contributed by atoms with E-state index in [-0.39, 0.29) is 11.2 Å². The van der Waals surface area contributed by atoms with Crippen molar-refractivity contribution in [3.63, 3.8) is 0 Å². The van der Waals surface area contributed by atoms with Crippen LogP contribution in [0.5, 0.6) is 0 Å². The maximum Gasteiger partial charge on any atom is 0.282 e. The normalized spacial score (nSPS) is 30.0. The Morgan fingerprint density at radius 1 is 1.08 bits per heavy atom. The van der Waals surface area contributed by atoms with Crippen molar-refractivity contribution in [2.75, 3.05) is 26.2 Å². The van der Waals surface area contributed by atoms with E-state index in [4.69, 9.17) is 0 Å². The fourth-order valence-corrected chi connectivity index (χ4v) is 8.73. The third-order valence-electron chi connectivity index (χ3n) is 8.85. The summed E-state index contributed by atoms with van der Waals surface area (Å²) in [5, 5.41) is 5.62.